The zero-order valence-corrected chi connectivity index (χ0v) is 17.1. The molecule has 0 atom stereocenters. The number of hydrogen-bond acceptors (Lipinski definition) is 5. The van der Waals surface area contributed by atoms with Crippen molar-refractivity contribution < 1.29 is 14.3 Å². The van der Waals surface area contributed by atoms with Crippen LogP contribution < -0.4 is 20.2 Å². The Labute approximate surface area is 168 Å². The monoisotopic (exact) mass is 396 g/mol. The molecule has 0 radical (unpaired) electrons. The third kappa shape index (κ3) is 4.31. The summed E-state index contributed by atoms with van der Waals surface area (Å²) in [7, 11) is 3.00. The van der Waals surface area contributed by atoms with Gasteiger partial charge in [0.25, 0.3) is 0 Å². The number of carbonyl (C=O) groups is 1. The van der Waals surface area contributed by atoms with Crippen molar-refractivity contribution in [3.05, 3.63) is 63.8 Å². The summed E-state index contributed by atoms with van der Waals surface area (Å²) in [5.74, 6) is 0.550. The Balaban J connectivity index is 1.81. The lowest BCUT2D eigenvalue weighted by atomic mass is 10.2. The Morgan fingerprint density at radius 1 is 1.03 bits per heavy atom. The number of pyridine rings is 1. The first-order chi connectivity index (χ1) is 13.8. The number of ether oxygens (including phenoxy) is 2. The molecule has 152 valence electrons. The lowest BCUT2D eigenvalue weighted by Gasteiger charge is -2.14. The van der Waals surface area contributed by atoms with Gasteiger partial charge in [-0.05, 0) is 39.0 Å². The van der Waals surface area contributed by atoms with Gasteiger partial charge in [0.1, 0.15) is 18.0 Å². The molecule has 0 saturated carbocycles. The van der Waals surface area contributed by atoms with E-state index in [1.54, 1.807) is 35.4 Å². The van der Waals surface area contributed by atoms with Gasteiger partial charge < -0.3 is 19.4 Å². The maximum atomic E-state index is 12.5. The maximum absolute atomic E-state index is 12.5. The number of hydrogen-bond donors (Lipinski definition) is 1. The minimum Gasteiger partial charge on any atom is -0.494 e. The molecule has 29 heavy (non-hydrogen) atoms. The molecule has 1 amide bonds. The number of aromatic nitrogens is 3. The highest BCUT2D eigenvalue weighted by Crippen LogP contribution is 2.27. The maximum Gasteiger partial charge on any atom is 0.244 e. The highest BCUT2D eigenvalue weighted by Gasteiger charge is 2.13. The molecule has 3 aromatic rings. The molecule has 0 aliphatic rings. The molecule has 0 aliphatic carbocycles. The standard InChI is InChI=1S/C21H24N4O4/c1-13-8-15(3)25(23-13)17-7-6-16(10-19(17)28-4)22-21(27)12-24-11-20(29-5)18(26)9-14(24)2/h6-11H,12H2,1-5H3,(H,22,27). The van der Waals surface area contributed by atoms with E-state index in [4.69, 9.17) is 9.47 Å². The van der Waals surface area contributed by atoms with E-state index in [0.717, 1.165) is 17.1 Å². The van der Waals surface area contributed by atoms with Crippen LogP contribution in [0.15, 0.2) is 41.3 Å². The second kappa shape index (κ2) is 8.22. The quantitative estimate of drug-likeness (QED) is 0.692. The highest BCUT2D eigenvalue weighted by molar-refractivity contribution is 5.91. The Kier molecular flexibility index (Phi) is 5.72. The minimum atomic E-state index is -0.236. The van der Waals surface area contributed by atoms with Crippen LogP contribution in [0.5, 0.6) is 11.5 Å². The zero-order chi connectivity index (χ0) is 21.1. The summed E-state index contributed by atoms with van der Waals surface area (Å²) >= 11 is 0. The second-order valence-corrected chi connectivity index (χ2v) is 6.75. The molecule has 3 rings (SSSR count). The fraction of sp³-hybridized carbons (Fsp3) is 0.286. The van der Waals surface area contributed by atoms with E-state index in [1.165, 1.54) is 19.4 Å². The average Bonchev–Trinajstić information content (AvgIpc) is 3.01. The van der Waals surface area contributed by atoms with Crippen LogP contribution in [0.25, 0.3) is 5.69 Å². The Morgan fingerprint density at radius 3 is 2.38 bits per heavy atom. The Bertz CT molecular complexity index is 1110. The molecular formula is C21H24N4O4. The second-order valence-electron chi connectivity index (χ2n) is 6.75. The van der Waals surface area contributed by atoms with Gasteiger partial charge in [-0.2, -0.15) is 5.10 Å². The van der Waals surface area contributed by atoms with Crippen LogP contribution >= 0.6 is 0 Å². The summed E-state index contributed by atoms with van der Waals surface area (Å²) in [6.45, 7) is 5.71. The molecule has 1 N–H and O–H groups in total. The number of amides is 1. The molecule has 0 bridgehead atoms. The summed E-state index contributed by atoms with van der Waals surface area (Å²) in [4.78, 5) is 24.3. The van der Waals surface area contributed by atoms with Crippen molar-refractivity contribution >= 4 is 11.6 Å². The lowest BCUT2D eigenvalue weighted by molar-refractivity contribution is -0.116. The number of benzene rings is 1. The van der Waals surface area contributed by atoms with Crippen molar-refractivity contribution in [1.29, 1.82) is 0 Å². The van der Waals surface area contributed by atoms with E-state index in [9.17, 15) is 9.59 Å². The number of nitrogens with one attached hydrogen (secondary N) is 1. The first kappa shape index (κ1) is 20.2. The average molecular weight is 396 g/mol. The SMILES string of the molecule is COc1cc(NC(=O)Cn2cc(OC)c(=O)cc2C)ccc1-n1nc(C)cc1C. The van der Waals surface area contributed by atoms with Crippen molar-refractivity contribution in [2.75, 3.05) is 19.5 Å². The van der Waals surface area contributed by atoms with Gasteiger partial charge in [0.2, 0.25) is 11.3 Å². The van der Waals surface area contributed by atoms with Crippen LogP contribution in [0.1, 0.15) is 17.1 Å². The van der Waals surface area contributed by atoms with Crippen molar-refractivity contribution in [2.45, 2.75) is 27.3 Å². The largest absolute Gasteiger partial charge is 0.494 e. The summed E-state index contributed by atoms with van der Waals surface area (Å²) < 4.78 is 14.0. The number of methoxy groups -OCH3 is 2. The number of nitrogens with zero attached hydrogens (tertiary/aromatic N) is 3. The van der Waals surface area contributed by atoms with Crippen molar-refractivity contribution in [3.63, 3.8) is 0 Å². The van der Waals surface area contributed by atoms with E-state index in [2.05, 4.69) is 10.4 Å². The summed E-state index contributed by atoms with van der Waals surface area (Å²) in [5, 5.41) is 7.33. The Hall–Kier alpha value is -3.55. The molecule has 8 nitrogen and oxygen atoms in total. The van der Waals surface area contributed by atoms with Gasteiger partial charge in [0.05, 0.1) is 26.1 Å². The normalized spacial score (nSPS) is 10.7. The number of anilines is 1. The van der Waals surface area contributed by atoms with Gasteiger partial charge in [-0.15, -0.1) is 0 Å². The number of carbonyl (C=O) groups excluding carboxylic acids is 1. The van der Waals surface area contributed by atoms with E-state index < -0.39 is 0 Å². The summed E-state index contributed by atoms with van der Waals surface area (Å²) in [5.41, 5.74) is 3.74. The molecular weight excluding hydrogens is 372 g/mol. The molecule has 0 fully saturated rings. The van der Waals surface area contributed by atoms with Gasteiger partial charge in [0.15, 0.2) is 5.75 Å². The predicted molar refractivity (Wildman–Crippen MR) is 110 cm³/mol. The van der Waals surface area contributed by atoms with Crippen molar-refractivity contribution in [1.82, 2.24) is 14.3 Å². The molecule has 0 spiro atoms. The fourth-order valence-corrected chi connectivity index (χ4v) is 3.13. The predicted octanol–water partition coefficient (Wildman–Crippen LogP) is 2.62. The molecule has 2 heterocycles. The van der Waals surface area contributed by atoms with Gasteiger partial charge >= 0.3 is 0 Å². The lowest BCUT2D eigenvalue weighted by Crippen LogP contribution is -2.22. The van der Waals surface area contributed by atoms with E-state index in [0.29, 0.717) is 17.1 Å². The van der Waals surface area contributed by atoms with Gasteiger partial charge in [-0.3, -0.25) is 9.59 Å². The van der Waals surface area contributed by atoms with Crippen LogP contribution in [-0.4, -0.2) is 34.5 Å². The van der Waals surface area contributed by atoms with Crippen LogP contribution in [0, 0.1) is 20.8 Å². The van der Waals surface area contributed by atoms with Gasteiger partial charge in [-0.1, -0.05) is 0 Å². The van der Waals surface area contributed by atoms with Crippen molar-refractivity contribution in [2.24, 2.45) is 0 Å². The minimum absolute atomic E-state index is 0.0456. The number of aryl methyl sites for hydroxylation is 3. The first-order valence-electron chi connectivity index (χ1n) is 9.09. The first-order valence-corrected chi connectivity index (χ1v) is 9.09. The van der Waals surface area contributed by atoms with Crippen molar-refractivity contribution in [3.8, 4) is 17.2 Å². The van der Waals surface area contributed by atoms with Crippen LogP contribution in [0.2, 0.25) is 0 Å². The van der Waals surface area contributed by atoms with Crippen LogP contribution in [0.4, 0.5) is 5.69 Å². The van der Waals surface area contributed by atoms with E-state index >= 15 is 0 Å². The summed E-state index contributed by atoms with van der Waals surface area (Å²) in [6, 6.07) is 8.82. The highest BCUT2D eigenvalue weighted by atomic mass is 16.5. The molecule has 1 aromatic carbocycles. The third-order valence-electron chi connectivity index (χ3n) is 4.54. The zero-order valence-electron chi connectivity index (χ0n) is 17.1. The third-order valence-corrected chi connectivity index (χ3v) is 4.54. The van der Waals surface area contributed by atoms with E-state index in [1.807, 2.05) is 26.0 Å². The topological polar surface area (TPSA) is 87.4 Å². The number of rotatable bonds is 6. The van der Waals surface area contributed by atoms with Crippen LogP contribution in [-0.2, 0) is 11.3 Å². The molecule has 0 unspecified atom stereocenters. The smallest absolute Gasteiger partial charge is 0.244 e. The Morgan fingerprint density at radius 2 is 1.76 bits per heavy atom. The van der Waals surface area contributed by atoms with Gasteiger partial charge in [0, 0.05) is 29.2 Å². The van der Waals surface area contributed by atoms with Crippen LogP contribution in [0.3, 0.4) is 0 Å². The molecule has 0 saturated heterocycles. The molecule has 8 heteroatoms. The molecule has 0 aliphatic heterocycles. The fourth-order valence-electron chi connectivity index (χ4n) is 3.13. The van der Waals surface area contributed by atoms with E-state index in [-0.39, 0.29) is 23.6 Å². The van der Waals surface area contributed by atoms with Gasteiger partial charge in [-0.25, -0.2) is 4.68 Å². The summed E-state index contributed by atoms with van der Waals surface area (Å²) in [6.07, 6.45) is 1.53. The molecule has 2 aromatic heterocycles.